The topological polar surface area (TPSA) is 9.23 Å². The molecule has 1 nitrogen and oxygen atoms in total. The van der Waals surface area contributed by atoms with Crippen molar-refractivity contribution in [3.8, 4) is 0 Å². The van der Waals surface area contributed by atoms with Crippen LogP contribution >= 0.6 is 11.8 Å². The Morgan fingerprint density at radius 2 is 2.50 bits per heavy atom. The lowest BCUT2D eigenvalue weighted by Crippen LogP contribution is -2.07. The van der Waals surface area contributed by atoms with Gasteiger partial charge in [-0.2, -0.15) is 11.8 Å². The highest BCUT2D eigenvalue weighted by molar-refractivity contribution is 7.99. The predicted octanol–water partition coefficient (Wildman–Crippen LogP) is 2.31. The zero-order chi connectivity index (χ0) is 7.23. The van der Waals surface area contributed by atoms with Crippen LogP contribution in [-0.2, 0) is 4.74 Å². The van der Waals surface area contributed by atoms with Gasteiger partial charge in [0.25, 0.3) is 0 Å². The second kappa shape index (κ2) is 5.03. The molecule has 0 radical (unpaired) electrons. The van der Waals surface area contributed by atoms with Crippen LogP contribution in [0.15, 0.2) is 0 Å². The van der Waals surface area contributed by atoms with Crippen molar-refractivity contribution in [1.29, 1.82) is 0 Å². The van der Waals surface area contributed by atoms with Crippen LogP contribution in [-0.4, -0.2) is 24.2 Å². The van der Waals surface area contributed by atoms with Crippen molar-refractivity contribution in [2.45, 2.75) is 32.3 Å². The number of thioether (sulfide) groups is 1. The SMILES string of the molecule is CCCSCC1CCCO1. The number of hydrogen-bond donors (Lipinski definition) is 0. The van der Waals surface area contributed by atoms with Gasteiger partial charge in [-0.1, -0.05) is 6.92 Å². The Kier molecular flexibility index (Phi) is 4.23. The maximum absolute atomic E-state index is 5.48. The summed E-state index contributed by atoms with van der Waals surface area (Å²) in [5.74, 6) is 2.51. The third-order valence-corrected chi connectivity index (χ3v) is 2.98. The summed E-state index contributed by atoms with van der Waals surface area (Å²) in [4.78, 5) is 0. The first-order valence-corrected chi connectivity index (χ1v) is 5.28. The average molecular weight is 160 g/mol. The summed E-state index contributed by atoms with van der Waals surface area (Å²) >= 11 is 2.03. The Labute approximate surface area is 67.5 Å². The molecule has 0 saturated carbocycles. The van der Waals surface area contributed by atoms with Crippen molar-refractivity contribution in [1.82, 2.24) is 0 Å². The van der Waals surface area contributed by atoms with E-state index in [2.05, 4.69) is 6.92 Å². The molecule has 1 atom stereocenters. The zero-order valence-electron chi connectivity index (χ0n) is 6.64. The van der Waals surface area contributed by atoms with E-state index in [1.807, 2.05) is 11.8 Å². The number of ether oxygens (including phenoxy) is 1. The molecule has 0 aliphatic carbocycles. The van der Waals surface area contributed by atoms with Crippen LogP contribution in [0.4, 0.5) is 0 Å². The van der Waals surface area contributed by atoms with Crippen molar-refractivity contribution in [2.75, 3.05) is 18.1 Å². The van der Waals surface area contributed by atoms with Crippen LogP contribution in [0.25, 0.3) is 0 Å². The summed E-state index contributed by atoms with van der Waals surface area (Å²) in [5, 5.41) is 0. The molecule has 1 aliphatic heterocycles. The van der Waals surface area contributed by atoms with Gasteiger partial charge in [-0.05, 0) is 25.0 Å². The van der Waals surface area contributed by atoms with Gasteiger partial charge < -0.3 is 4.74 Å². The molecule has 1 heterocycles. The summed E-state index contributed by atoms with van der Waals surface area (Å²) in [6.45, 7) is 3.22. The van der Waals surface area contributed by atoms with Gasteiger partial charge in [0, 0.05) is 12.4 Å². The monoisotopic (exact) mass is 160 g/mol. The minimum absolute atomic E-state index is 0.580. The lowest BCUT2D eigenvalue weighted by molar-refractivity contribution is 0.129. The van der Waals surface area contributed by atoms with Gasteiger partial charge in [0.05, 0.1) is 6.10 Å². The molecule has 0 aromatic carbocycles. The lowest BCUT2D eigenvalue weighted by Gasteiger charge is -2.06. The maximum atomic E-state index is 5.48. The largest absolute Gasteiger partial charge is 0.377 e. The summed E-state index contributed by atoms with van der Waals surface area (Å²) in [7, 11) is 0. The van der Waals surface area contributed by atoms with E-state index < -0.39 is 0 Å². The first kappa shape index (κ1) is 8.41. The first-order chi connectivity index (χ1) is 4.93. The fraction of sp³-hybridized carbons (Fsp3) is 1.00. The van der Waals surface area contributed by atoms with Gasteiger partial charge in [-0.25, -0.2) is 0 Å². The molecule has 1 aliphatic rings. The first-order valence-electron chi connectivity index (χ1n) is 4.13. The van der Waals surface area contributed by atoms with Crippen molar-refractivity contribution in [3.63, 3.8) is 0 Å². The Morgan fingerprint density at radius 3 is 3.10 bits per heavy atom. The van der Waals surface area contributed by atoms with Crippen LogP contribution in [0.1, 0.15) is 26.2 Å². The maximum Gasteiger partial charge on any atom is 0.0666 e. The average Bonchev–Trinajstić information content (AvgIpc) is 2.41. The molecule has 0 spiro atoms. The van der Waals surface area contributed by atoms with Crippen LogP contribution in [0, 0.1) is 0 Å². The molecule has 10 heavy (non-hydrogen) atoms. The molecule has 60 valence electrons. The number of hydrogen-bond acceptors (Lipinski definition) is 2. The second-order valence-corrected chi connectivity index (χ2v) is 3.86. The fourth-order valence-corrected chi connectivity index (χ4v) is 2.12. The molecule has 0 bridgehead atoms. The van der Waals surface area contributed by atoms with Gasteiger partial charge in [-0.15, -0.1) is 0 Å². The van der Waals surface area contributed by atoms with Crippen molar-refractivity contribution in [2.24, 2.45) is 0 Å². The minimum atomic E-state index is 0.580. The second-order valence-electron chi connectivity index (χ2n) is 2.71. The molecular weight excluding hydrogens is 144 g/mol. The Balaban J connectivity index is 1.91. The molecule has 0 aromatic heterocycles. The standard InChI is InChI=1S/C8H16OS/c1-2-6-10-7-8-4-3-5-9-8/h8H,2-7H2,1H3. The van der Waals surface area contributed by atoms with E-state index in [4.69, 9.17) is 4.74 Å². The highest BCUT2D eigenvalue weighted by Crippen LogP contribution is 2.17. The van der Waals surface area contributed by atoms with Gasteiger partial charge in [0.2, 0.25) is 0 Å². The molecule has 1 rings (SSSR count). The molecule has 0 aromatic rings. The smallest absolute Gasteiger partial charge is 0.0666 e. The van der Waals surface area contributed by atoms with Gasteiger partial charge in [-0.3, -0.25) is 0 Å². The van der Waals surface area contributed by atoms with Crippen molar-refractivity contribution >= 4 is 11.8 Å². The van der Waals surface area contributed by atoms with Gasteiger partial charge in [0.15, 0.2) is 0 Å². The van der Waals surface area contributed by atoms with E-state index in [1.54, 1.807) is 0 Å². The molecule has 1 unspecified atom stereocenters. The summed E-state index contributed by atoms with van der Waals surface area (Å²) < 4.78 is 5.48. The molecular formula is C8H16OS. The lowest BCUT2D eigenvalue weighted by atomic mass is 10.3. The Morgan fingerprint density at radius 1 is 1.60 bits per heavy atom. The highest BCUT2D eigenvalue weighted by atomic mass is 32.2. The van der Waals surface area contributed by atoms with Crippen molar-refractivity contribution < 1.29 is 4.74 Å². The quantitative estimate of drug-likeness (QED) is 0.584. The number of rotatable bonds is 4. The predicted molar refractivity (Wildman–Crippen MR) is 46.6 cm³/mol. The normalized spacial score (nSPS) is 25.5. The third kappa shape index (κ3) is 2.93. The zero-order valence-corrected chi connectivity index (χ0v) is 7.45. The van der Waals surface area contributed by atoms with Crippen LogP contribution in [0.5, 0.6) is 0 Å². The van der Waals surface area contributed by atoms with Crippen molar-refractivity contribution in [3.05, 3.63) is 0 Å². The fourth-order valence-electron chi connectivity index (χ4n) is 1.13. The molecule has 2 heteroatoms. The van der Waals surface area contributed by atoms with E-state index in [1.165, 1.54) is 30.8 Å². The molecule has 1 saturated heterocycles. The minimum Gasteiger partial charge on any atom is -0.377 e. The summed E-state index contributed by atoms with van der Waals surface area (Å²) in [5.41, 5.74) is 0. The van der Waals surface area contributed by atoms with Crippen LogP contribution in [0.2, 0.25) is 0 Å². The summed E-state index contributed by atoms with van der Waals surface area (Å²) in [6, 6.07) is 0. The Hall–Kier alpha value is 0.310. The van der Waals surface area contributed by atoms with E-state index in [9.17, 15) is 0 Å². The van der Waals surface area contributed by atoms with Gasteiger partial charge in [0.1, 0.15) is 0 Å². The van der Waals surface area contributed by atoms with Crippen LogP contribution < -0.4 is 0 Å². The molecule has 1 fully saturated rings. The molecule has 0 amide bonds. The van der Waals surface area contributed by atoms with Gasteiger partial charge >= 0.3 is 0 Å². The molecule has 0 N–H and O–H groups in total. The van der Waals surface area contributed by atoms with E-state index in [-0.39, 0.29) is 0 Å². The Bertz CT molecular complexity index is 79.3. The highest BCUT2D eigenvalue weighted by Gasteiger charge is 2.14. The van der Waals surface area contributed by atoms with E-state index in [0.717, 1.165) is 6.61 Å². The van der Waals surface area contributed by atoms with E-state index in [0.29, 0.717) is 6.10 Å². The van der Waals surface area contributed by atoms with Crippen LogP contribution in [0.3, 0.4) is 0 Å². The summed E-state index contributed by atoms with van der Waals surface area (Å²) in [6.07, 6.45) is 4.43. The van der Waals surface area contributed by atoms with E-state index >= 15 is 0 Å². The third-order valence-electron chi connectivity index (χ3n) is 1.68.